The van der Waals surface area contributed by atoms with E-state index in [2.05, 4.69) is 20.8 Å². The van der Waals surface area contributed by atoms with Gasteiger partial charge in [0, 0.05) is 6.04 Å². The van der Waals surface area contributed by atoms with Gasteiger partial charge in [-0.25, -0.2) is 0 Å². The minimum atomic E-state index is 0.397. The number of hydrogen-bond donors (Lipinski definition) is 1. The molecule has 0 aromatic heterocycles. The fraction of sp³-hybridized carbons (Fsp3) is 1.00. The summed E-state index contributed by atoms with van der Waals surface area (Å²) in [6, 6.07) is 0.397. The van der Waals surface area contributed by atoms with Crippen molar-refractivity contribution in [1.29, 1.82) is 0 Å². The lowest BCUT2D eigenvalue weighted by Gasteiger charge is -2.17. The van der Waals surface area contributed by atoms with Crippen LogP contribution < -0.4 is 5.73 Å². The Bertz CT molecular complexity index is 138. The van der Waals surface area contributed by atoms with Crippen molar-refractivity contribution in [2.45, 2.75) is 58.9 Å². The van der Waals surface area contributed by atoms with Crippen LogP contribution in [0.2, 0.25) is 0 Å². The third-order valence-corrected chi connectivity index (χ3v) is 3.10. The number of hydrogen-bond acceptors (Lipinski definition) is 1. The van der Waals surface area contributed by atoms with E-state index in [9.17, 15) is 0 Å². The summed E-state index contributed by atoms with van der Waals surface area (Å²) in [4.78, 5) is 0. The van der Waals surface area contributed by atoms with Gasteiger partial charge in [0.15, 0.2) is 0 Å². The Morgan fingerprint density at radius 3 is 2.58 bits per heavy atom. The van der Waals surface area contributed by atoms with E-state index in [0.717, 1.165) is 5.92 Å². The van der Waals surface area contributed by atoms with Crippen LogP contribution in [-0.4, -0.2) is 6.04 Å². The van der Waals surface area contributed by atoms with Gasteiger partial charge in [-0.2, -0.15) is 0 Å². The Kier molecular flexibility index (Phi) is 3.16. The zero-order valence-electron chi connectivity index (χ0n) is 8.77. The summed E-state index contributed by atoms with van der Waals surface area (Å²) in [5, 5.41) is 0. The SMILES string of the molecule is CC(N)CCC1CCC(C)(C)C1. The molecule has 12 heavy (non-hydrogen) atoms. The summed E-state index contributed by atoms with van der Waals surface area (Å²) in [6.45, 7) is 6.89. The Balaban J connectivity index is 2.20. The Labute approximate surface area is 76.7 Å². The van der Waals surface area contributed by atoms with Crippen LogP contribution in [-0.2, 0) is 0 Å². The average molecular weight is 169 g/mol. The maximum atomic E-state index is 5.74. The average Bonchev–Trinajstić information content (AvgIpc) is 2.26. The number of nitrogens with two attached hydrogens (primary N) is 1. The molecule has 0 radical (unpaired) electrons. The minimum Gasteiger partial charge on any atom is -0.328 e. The second-order valence-electron chi connectivity index (χ2n) is 5.33. The molecule has 1 nitrogen and oxygen atoms in total. The molecule has 1 aliphatic carbocycles. The van der Waals surface area contributed by atoms with Gasteiger partial charge in [0.2, 0.25) is 0 Å². The molecule has 1 fully saturated rings. The van der Waals surface area contributed by atoms with E-state index < -0.39 is 0 Å². The van der Waals surface area contributed by atoms with Crippen molar-refractivity contribution in [2.75, 3.05) is 0 Å². The van der Waals surface area contributed by atoms with E-state index in [1.165, 1.54) is 32.1 Å². The van der Waals surface area contributed by atoms with Crippen molar-refractivity contribution in [3.8, 4) is 0 Å². The van der Waals surface area contributed by atoms with Crippen molar-refractivity contribution < 1.29 is 0 Å². The van der Waals surface area contributed by atoms with Gasteiger partial charge in [-0.05, 0) is 50.4 Å². The van der Waals surface area contributed by atoms with Crippen LogP contribution in [0.3, 0.4) is 0 Å². The maximum absolute atomic E-state index is 5.74. The van der Waals surface area contributed by atoms with Gasteiger partial charge in [0.1, 0.15) is 0 Å². The smallest absolute Gasteiger partial charge is 0.00105 e. The van der Waals surface area contributed by atoms with Gasteiger partial charge in [0.25, 0.3) is 0 Å². The Morgan fingerprint density at radius 2 is 2.17 bits per heavy atom. The molecule has 0 heterocycles. The quantitative estimate of drug-likeness (QED) is 0.690. The van der Waals surface area contributed by atoms with Gasteiger partial charge < -0.3 is 5.73 Å². The predicted molar refractivity (Wildman–Crippen MR) is 54.0 cm³/mol. The van der Waals surface area contributed by atoms with E-state index in [1.54, 1.807) is 0 Å². The van der Waals surface area contributed by atoms with E-state index in [1.807, 2.05) is 0 Å². The lowest BCUT2D eigenvalue weighted by atomic mass is 9.89. The lowest BCUT2D eigenvalue weighted by molar-refractivity contribution is 0.348. The van der Waals surface area contributed by atoms with Crippen molar-refractivity contribution in [1.82, 2.24) is 0 Å². The van der Waals surface area contributed by atoms with E-state index >= 15 is 0 Å². The standard InChI is InChI=1S/C11H23N/c1-9(12)4-5-10-6-7-11(2,3)8-10/h9-10H,4-8,12H2,1-3H3. The monoisotopic (exact) mass is 169 g/mol. The number of rotatable bonds is 3. The first-order valence-corrected chi connectivity index (χ1v) is 5.25. The highest BCUT2D eigenvalue weighted by atomic mass is 14.6. The first-order chi connectivity index (χ1) is 5.49. The summed E-state index contributed by atoms with van der Waals surface area (Å²) in [5.41, 5.74) is 6.35. The fourth-order valence-electron chi connectivity index (χ4n) is 2.33. The molecule has 2 unspecified atom stereocenters. The first kappa shape index (κ1) is 10.0. The molecule has 1 saturated carbocycles. The van der Waals surface area contributed by atoms with Crippen LogP contribution in [0.5, 0.6) is 0 Å². The Morgan fingerprint density at radius 1 is 1.50 bits per heavy atom. The molecule has 0 saturated heterocycles. The summed E-state index contributed by atoms with van der Waals surface area (Å²) >= 11 is 0. The first-order valence-electron chi connectivity index (χ1n) is 5.25. The largest absolute Gasteiger partial charge is 0.328 e. The molecule has 72 valence electrons. The van der Waals surface area contributed by atoms with E-state index in [0.29, 0.717) is 11.5 Å². The van der Waals surface area contributed by atoms with Gasteiger partial charge in [-0.1, -0.05) is 13.8 Å². The van der Waals surface area contributed by atoms with Gasteiger partial charge in [0.05, 0.1) is 0 Å². The molecule has 2 N–H and O–H groups in total. The Hall–Kier alpha value is -0.0400. The molecule has 0 amide bonds. The molecule has 0 bridgehead atoms. The zero-order valence-corrected chi connectivity index (χ0v) is 8.77. The van der Waals surface area contributed by atoms with E-state index in [-0.39, 0.29) is 0 Å². The fourth-order valence-corrected chi connectivity index (χ4v) is 2.33. The molecular weight excluding hydrogens is 146 g/mol. The van der Waals surface area contributed by atoms with Gasteiger partial charge >= 0.3 is 0 Å². The second-order valence-corrected chi connectivity index (χ2v) is 5.33. The highest BCUT2D eigenvalue weighted by Gasteiger charge is 2.30. The van der Waals surface area contributed by atoms with Crippen molar-refractivity contribution in [2.24, 2.45) is 17.1 Å². The topological polar surface area (TPSA) is 26.0 Å². The highest BCUT2D eigenvalue weighted by Crippen LogP contribution is 2.42. The summed E-state index contributed by atoms with van der Waals surface area (Å²) in [6.07, 6.45) is 6.82. The van der Waals surface area contributed by atoms with Gasteiger partial charge in [-0.15, -0.1) is 0 Å². The normalized spacial score (nSPS) is 30.5. The lowest BCUT2D eigenvalue weighted by Crippen LogP contribution is -2.16. The van der Waals surface area contributed by atoms with Crippen molar-refractivity contribution in [3.63, 3.8) is 0 Å². The third kappa shape index (κ3) is 3.14. The van der Waals surface area contributed by atoms with Crippen LogP contribution in [0, 0.1) is 11.3 Å². The molecule has 0 spiro atoms. The molecule has 2 atom stereocenters. The molecule has 0 aliphatic heterocycles. The van der Waals surface area contributed by atoms with Crippen LogP contribution in [0.25, 0.3) is 0 Å². The van der Waals surface area contributed by atoms with Crippen LogP contribution >= 0.6 is 0 Å². The third-order valence-electron chi connectivity index (χ3n) is 3.10. The predicted octanol–water partition coefficient (Wildman–Crippen LogP) is 2.94. The summed E-state index contributed by atoms with van der Waals surface area (Å²) in [5.74, 6) is 0.964. The molecule has 1 rings (SSSR count). The zero-order chi connectivity index (χ0) is 9.19. The summed E-state index contributed by atoms with van der Waals surface area (Å²) < 4.78 is 0. The molecule has 0 aromatic carbocycles. The van der Waals surface area contributed by atoms with Crippen molar-refractivity contribution in [3.05, 3.63) is 0 Å². The van der Waals surface area contributed by atoms with Crippen LogP contribution in [0.15, 0.2) is 0 Å². The second kappa shape index (κ2) is 3.78. The van der Waals surface area contributed by atoms with Crippen LogP contribution in [0.4, 0.5) is 0 Å². The van der Waals surface area contributed by atoms with Crippen LogP contribution in [0.1, 0.15) is 52.9 Å². The molecule has 0 aromatic rings. The molecule has 1 heteroatoms. The van der Waals surface area contributed by atoms with Gasteiger partial charge in [-0.3, -0.25) is 0 Å². The minimum absolute atomic E-state index is 0.397. The maximum Gasteiger partial charge on any atom is 0.00105 e. The van der Waals surface area contributed by atoms with E-state index in [4.69, 9.17) is 5.73 Å². The van der Waals surface area contributed by atoms with Crippen molar-refractivity contribution >= 4 is 0 Å². The highest BCUT2D eigenvalue weighted by molar-refractivity contribution is 4.82. The summed E-state index contributed by atoms with van der Waals surface area (Å²) in [7, 11) is 0. The molecule has 1 aliphatic rings. The molecular formula is C11H23N.